The van der Waals surface area contributed by atoms with E-state index in [9.17, 15) is 0 Å². The molecule has 2 heterocycles. The van der Waals surface area contributed by atoms with Crippen LogP contribution in [0, 0.1) is 0 Å². The first kappa shape index (κ1) is 14.9. The van der Waals surface area contributed by atoms with E-state index in [1.807, 2.05) is 12.1 Å². The lowest BCUT2D eigenvalue weighted by molar-refractivity contribution is 0.269. The summed E-state index contributed by atoms with van der Waals surface area (Å²) in [6.45, 7) is 7.60. The Kier molecular flexibility index (Phi) is 4.23. The maximum atomic E-state index is 6.14. The van der Waals surface area contributed by atoms with Crippen LogP contribution in [-0.2, 0) is 12.0 Å². The number of fused-ring (bicyclic) bond motifs is 1. The van der Waals surface area contributed by atoms with Crippen molar-refractivity contribution in [3.05, 3.63) is 29.0 Å². The number of benzene rings is 1. The van der Waals surface area contributed by atoms with Crippen LogP contribution in [0.4, 0.5) is 0 Å². The highest BCUT2D eigenvalue weighted by molar-refractivity contribution is 6.31. The van der Waals surface area contributed by atoms with Crippen LogP contribution in [0.15, 0.2) is 18.2 Å². The molecular formula is C17H24ClN3. The first-order valence-corrected chi connectivity index (χ1v) is 8.45. The molecule has 21 heavy (non-hydrogen) atoms. The van der Waals surface area contributed by atoms with Gasteiger partial charge in [0.2, 0.25) is 0 Å². The molecular weight excluding hydrogens is 282 g/mol. The zero-order valence-electron chi connectivity index (χ0n) is 13.0. The number of halogens is 1. The van der Waals surface area contributed by atoms with Crippen LogP contribution in [0.3, 0.4) is 0 Å². The highest BCUT2D eigenvalue weighted by Crippen LogP contribution is 2.37. The maximum Gasteiger partial charge on any atom is 0.117 e. The number of nitrogens with one attached hydrogen (secondary N) is 1. The normalized spacial score (nSPS) is 22.8. The molecule has 0 amide bonds. The average Bonchev–Trinajstić information content (AvgIpc) is 2.86. The molecule has 1 unspecified atom stereocenters. The first-order valence-electron chi connectivity index (χ1n) is 8.07. The molecule has 1 aliphatic rings. The largest absolute Gasteiger partial charge is 0.328 e. The lowest BCUT2D eigenvalue weighted by Gasteiger charge is -2.37. The van der Waals surface area contributed by atoms with Gasteiger partial charge in [0, 0.05) is 23.5 Å². The number of hydrogen-bond donors (Lipinski definition) is 1. The second kappa shape index (κ2) is 5.98. The van der Waals surface area contributed by atoms with Gasteiger partial charge in [0.25, 0.3) is 0 Å². The van der Waals surface area contributed by atoms with E-state index in [0.29, 0.717) is 0 Å². The molecule has 1 saturated heterocycles. The molecule has 0 bridgehead atoms. The van der Waals surface area contributed by atoms with Gasteiger partial charge in [-0.25, -0.2) is 4.98 Å². The zero-order chi connectivity index (χ0) is 14.9. The summed E-state index contributed by atoms with van der Waals surface area (Å²) in [5.41, 5.74) is 2.41. The Balaban J connectivity index is 2.16. The molecule has 4 heteroatoms. The highest BCUT2D eigenvalue weighted by atomic mass is 35.5. The van der Waals surface area contributed by atoms with E-state index in [1.54, 1.807) is 0 Å². The molecule has 1 atom stereocenters. The minimum atomic E-state index is 0.175. The summed E-state index contributed by atoms with van der Waals surface area (Å²) < 4.78 is 2.38. The Hall–Kier alpha value is -1.06. The summed E-state index contributed by atoms with van der Waals surface area (Å²) in [5, 5.41) is 4.35. The Morgan fingerprint density at radius 1 is 1.38 bits per heavy atom. The quantitative estimate of drug-likeness (QED) is 0.920. The Morgan fingerprint density at radius 2 is 2.24 bits per heavy atom. The summed E-state index contributed by atoms with van der Waals surface area (Å²) in [4.78, 5) is 5.00. The van der Waals surface area contributed by atoms with Gasteiger partial charge in [-0.1, -0.05) is 24.9 Å². The fraction of sp³-hybridized carbons (Fsp3) is 0.588. The van der Waals surface area contributed by atoms with Crippen LogP contribution in [0.25, 0.3) is 11.0 Å². The van der Waals surface area contributed by atoms with Gasteiger partial charge in [0.1, 0.15) is 5.82 Å². The molecule has 1 aromatic carbocycles. The zero-order valence-corrected chi connectivity index (χ0v) is 13.7. The number of hydrogen-bond acceptors (Lipinski definition) is 2. The van der Waals surface area contributed by atoms with Crippen LogP contribution >= 0.6 is 11.6 Å². The fourth-order valence-corrected chi connectivity index (χ4v) is 3.96. The predicted molar refractivity (Wildman–Crippen MR) is 89.1 cm³/mol. The van der Waals surface area contributed by atoms with Crippen LogP contribution in [0.5, 0.6) is 0 Å². The number of rotatable bonds is 4. The Labute approximate surface area is 131 Å². The molecule has 1 N–H and O–H groups in total. The SMILES string of the molecule is CCCC1(c2nc3cc(Cl)ccc3n2CC)CCCNC1. The van der Waals surface area contributed by atoms with Gasteiger partial charge >= 0.3 is 0 Å². The van der Waals surface area contributed by atoms with Crippen LogP contribution in [0.2, 0.25) is 5.02 Å². The molecule has 0 radical (unpaired) electrons. The van der Waals surface area contributed by atoms with Crippen molar-refractivity contribution < 1.29 is 0 Å². The van der Waals surface area contributed by atoms with Crippen LogP contribution in [-0.4, -0.2) is 22.6 Å². The molecule has 1 aromatic heterocycles. The van der Waals surface area contributed by atoms with Crippen molar-refractivity contribution in [2.45, 2.75) is 51.5 Å². The third-order valence-corrected chi connectivity index (χ3v) is 4.94. The summed E-state index contributed by atoms with van der Waals surface area (Å²) in [6, 6.07) is 6.06. The minimum Gasteiger partial charge on any atom is -0.328 e. The molecule has 3 rings (SSSR count). The monoisotopic (exact) mass is 305 g/mol. The van der Waals surface area contributed by atoms with Crippen molar-refractivity contribution in [2.24, 2.45) is 0 Å². The molecule has 1 fully saturated rings. The summed E-state index contributed by atoms with van der Waals surface area (Å²) in [7, 11) is 0. The lowest BCUT2D eigenvalue weighted by atomic mass is 9.76. The van der Waals surface area contributed by atoms with Gasteiger partial charge in [0.15, 0.2) is 0 Å². The third-order valence-electron chi connectivity index (χ3n) is 4.70. The van der Waals surface area contributed by atoms with E-state index in [4.69, 9.17) is 16.6 Å². The van der Waals surface area contributed by atoms with Gasteiger partial charge in [-0.05, 0) is 50.9 Å². The average molecular weight is 306 g/mol. The lowest BCUT2D eigenvalue weighted by Crippen LogP contribution is -2.45. The number of aryl methyl sites for hydroxylation is 1. The van der Waals surface area contributed by atoms with Crippen LogP contribution < -0.4 is 5.32 Å². The summed E-state index contributed by atoms with van der Waals surface area (Å²) in [5.74, 6) is 1.25. The van der Waals surface area contributed by atoms with Gasteiger partial charge in [-0.2, -0.15) is 0 Å². The van der Waals surface area contributed by atoms with Crippen molar-refractivity contribution in [1.29, 1.82) is 0 Å². The number of nitrogens with zero attached hydrogens (tertiary/aromatic N) is 2. The first-order chi connectivity index (χ1) is 10.2. The van der Waals surface area contributed by atoms with E-state index < -0.39 is 0 Å². The van der Waals surface area contributed by atoms with Gasteiger partial charge in [-0.15, -0.1) is 0 Å². The van der Waals surface area contributed by atoms with E-state index in [0.717, 1.165) is 30.2 Å². The molecule has 2 aromatic rings. The molecule has 3 nitrogen and oxygen atoms in total. The topological polar surface area (TPSA) is 29.9 Å². The van der Waals surface area contributed by atoms with Crippen LogP contribution in [0.1, 0.15) is 45.4 Å². The fourth-order valence-electron chi connectivity index (χ4n) is 3.79. The number of aromatic nitrogens is 2. The molecule has 1 aliphatic heterocycles. The van der Waals surface area contributed by atoms with E-state index in [-0.39, 0.29) is 5.41 Å². The van der Waals surface area contributed by atoms with Crippen molar-refractivity contribution >= 4 is 22.6 Å². The van der Waals surface area contributed by atoms with E-state index >= 15 is 0 Å². The van der Waals surface area contributed by atoms with Gasteiger partial charge in [0.05, 0.1) is 11.0 Å². The minimum absolute atomic E-state index is 0.175. The summed E-state index contributed by atoms with van der Waals surface area (Å²) >= 11 is 6.14. The summed E-state index contributed by atoms with van der Waals surface area (Å²) in [6.07, 6.45) is 4.84. The second-order valence-corrected chi connectivity index (χ2v) is 6.56. The molecule has 0 spiro atoms. The standard InChI is InChI=1S/C17H24ClN3/c1-3-8-17(9-5-10-19-12-17)16-20-14-11-13(18)6-7-15(14)21(16)4-2/h6-7,11,19H,3-5,8-10,12H2,1-2H3. The van der Waals surface area contributed by atoms with Gasteiger partial charge < -0.3 is 9.88 Å². The number of piperidine rings is 1. The second-order valence-electron chi connectivity index (χ2n) is 6.12. The predicted octanol–water partition coefficient (Wildman–Crippen LogP) is 4.13. The smallest absolute Gasteiger partial charge is 0.117 e. The third kappa shape index (κ3) is 2.58. The van der Waals surface area contributed by atoms with Crippen molar-refractivity contribution in [1.82, 2.24) is 14.9 Å². The van der Waals surface area contributed by atoms with E-state index in [2.05, 4.69) is 29.8 Å². The Morgan fingerprint density at radius 3 is 2.90 bits per heavy atom. The van der Waals surface area contributed by atoms with E-state index in [1.165, 1.54) is 37.0 Å². The van der Waals surface area contributed by atoms with Crippen molar-refractivity contribution in [3.8, 4) is 0 Å². The van der Waals surface area contributed by atoms with Crippen molar-refractivity contribution in [3.63, 3.8) is 0 Å². The highest BCUT2D eigenvalue weighted by Gasteiger charge is 2.37. The molecule has 0 aliphatic carbocycles. The number of imidazole rings is 1. The maximum absolute atomic E-state index is 6.14. The molecule has 114 valence electrons. The Bertz CT molecular complexity index is 621. The molecule has 0 saturated carbocycles. The van der Waals surface area contributed by atoms with Gasteiger partial charge in [-0.3, -0.25) is 0 Å². The van der Waals surface area contributed by atoms with Crippen molar-refractivity contribution in [2.75, 3.05) is 13.1 Å².